The molecule has 1 aromatic heterocycles. The van der Waals surface area contributed by atoms with Gasteiger partial charge in [0.1, 0.15) is 17.3 Å². The van der Waals surface area contributed by atoms with Crippen molar-refractivity contribution >= 4 is 0 Å². The Morgan fingerprint density at radius 2 is 1.62 bits per heavy atom. The molecular formula is C18H32N2O9. The lowest BCUT2D eigenvalue weighted by molar-refractivity contribution is -0.219. The van der Waals surface area contributed by atoms with Crippen LogP contribution in [0.4, 0.5) is 0 Å². The van der Waals surface area contributed by atoms with Gasteiger partial charge in [-0.3, -0.25) is 9.97 Å². The van der Waals surface area contributed by atoms with Crippen molar-refractivity contribution in [3.8, 4) is 0 Å². The van der Waals surface area contributed by atoms with Gasteiger partial charge < -0.3 is 45.6 Å². The third-order valence-corrected chi connectivity index (χ3v) is 4.95. The first-order valence-corrected chi connectivity index (χ1v) is 9.37. The first-order chi connectivity index (χ1) is 13.7. The average molecular weight is 420 g/mol. The number of aliphatic hydroxyl groups excluding tert-OH is 6. The van der Waals surface area contributed by atoms with Gasteiger partial charge >= 0.3 is 0 Å². The molecule has 0 saturated heterocycles. The molecule has 168 valence electrons. The number of hydrogen-bond acceptors (Lipinski definition) is 11. The van der Waals surface area contributed by atoms with Crippen LogP contribution in [0.1, 0.15) is 31.2 Å². The Hall–Kier alpha value is -1.28. The molecule has 1 rings (SSSR count). The van der Waals surface area contributed by atoms with E-state index in [0.29, 0.717) is 5.69 Å². The zero-order chi connectivity index (χ0) is 22.1. The Morgan fingerprint density at radius 3 is 2.07 bits per heavy atom. The molecular weight excluding hydrogens is 388 g/mol. The Labute approximate surface area is 168 Å². The molecule has 1 aromatic rings. The third-order valence-electron chi connectivity index (χ3n) is 4.95. The molecule has 1 unspecified atom stereocenters. The number of rotatable bonds is 14. The van der Waals surface area contributed by atoms with Gasteiger partial charge in [0.25, 0.3) is 0 Å². The molecule has 0 bridgehead atoms. The van der Waals surface area contributed by atoms with Crippen LogP contribution in [0.5, 0.6) is 0 Å². The van der Waals surface area contributed by atoms with Crippen LogP contribution in [0, 0.1) is 0 Å². The molecule has 1 heterocycles. The standard InChI is InChI=1S/C18H32N2O9/c1-12(25)17(27,2-4-21)18(28,3-5-22)16-10-19-13(9-20-16)8-14(26)15(11-24)29-7-6-23/h9-10,12,14-15,21-28H,2-8,11H2,1H3/t12-,14-,15+,17+,18?/m0/s1. The van der Waals surface area contributed by atoms with Crippen LogP contribution in [0.2, 0.25) is 0 Å². The zero-order valence-electron chi connectivity index (χ0n) is 16.4. The van der Waals surface area contributed by atoms with E-state index in [1.165, 1.54) is 13.1 Å². The van der Waals surface area contributed by atoms with Gasteiger partial charge in [-0.05, 0) is 6.92 Å². The number of nitrogens with zero attached hydrogens (tertiary/aromatic N) is 2. The average Bonchev–Trinajstić information content (AvgIpc) is 2.69. The van der Waals surface area contributed by atoms with E-state index in [1.54, 1.807) is 0 Å². The topological polar surface area (TPSA) is 197 Å². The highest BCUT2D eigenvalue weighted by atomic mass is 16.5. The zero-order valence-corrected chi connectivity index (χ0v) is 16.4. The summed E-state index contributed by atoms with van der Waals surface area (Å²) in [5.74, 6) is 0. The number of ether oxygens (including phenoxy) is 1. The Bertz CT molecular complexity index is 589. The van der Waals surface area contributed by atoms with Crippen LogP contribution in [0.3, 0.4) is 0 Å². The SMILES string of the molecule is C[C@H](O)[C@](O)(CCO)C(O)(CCO)c1cnc(C[C@H](O)[C@@H](CO)OCCO)cn1. The lowest BCUT2D eigenvalue weighted by Crippen LogP contribution is -2.59. The van der Waals surface area contributed by atoms with Crippen molar-refractivity contribution in [3.05, 3.63) is 23.8 Å². The second-order valence-corrected chi connectivity index (χ2v) is 6.89. The molecule has 0 aliphatic heterocycles. The predicted octanol–water partition coefficient (Wildman–Crippen LogP) is -3.19. The summed E-state index contributed by atoms with van der Waals surface area (Å²) < 4.78 is 5.13. The van der Waals surface area contributed by atoms with E-state index in [1.807, 2.05) is 0 Å². The quantitative estimate of drug-likeness (QED) is 0.151. The summed E-state index contributed by atoms with van der Waals surface area (Å²) in [5, 5.41) is 78.8. The molecule has 5 atom stereocenters. The fraction of sp³-hybridized carbons (Fsp3) is 0.778. The molecule has 0 aromatic carbocycles. The van der Waals surface area contributed by atoms with Gasteiger partial charge in [0.05, 0.1) is 49.6 Å². The van der Waals surface area contributed by atoms with Crippen LogP contribution >= 0.6 is 0 Å². The summed E-state index contributed by atoms with van der Waals surface area (Å²) in [6.45, 7) is -0.586. The van der Waals surface area contributed by atoms with Gasteiger partial charge in [0.2, 0.25) is 0 Å². The fourth-order valence-corrected chi connectivity index (χ4v) is 3.17. The van der Waals surface area contributed by atoms with Crippen LogP contribution in [-0.2, 0) is 16.8 Å². The van der Waals surface area contributed by atoms with E-state index in [0.717, 1.165) is 6.20 Å². The van der Waals surface area contributed by atoms with Gasteiger partial charge in [-0.15, -0.1) is 0 Å². The minimum absolute atomic E-state index is 0.0420. The molecule has 29 heavy (non-hydrogen) atoms. The maximum absolute atomic E-state index is 11.1. The first-order valence-electron chi connectivity index (χ1n) is 9.37. The molecule has 0 amide bonds. The lowest BCUT2D eigenvalue weighted by atomic mass is 9.73. The van der Waals surface area contributed by atoms with Crippen molar-refractivity contribution in [2.75, 3.05) is 33.0 Å². The van der Waals surface area contributed by atoms with E-state index in [2.05, 4.69) is 9.97 Å². The van der Waals surface area contributed by atoms with Gasteiger partial charge in [-0.2, -0.15) is 0 Å². The number of aromatic nitrogens is 2. The van der Waals surface area contributed by atoms with E-state index in [9.17, 15) is 35.7 Å². The minimum atomic E-state index is -2.19. The normalized spacial score (nSPS) is 19.2. The maximum atomic E-state index is 11.1. The highest BCUT2D eigenvalue weighted by molar-refractivity contribution is 5.19. The van der Waals surface area contributed by atoms with Crippen LogP contribution in [0.15, 0.2) is 12.4 Å². The second-order valence-electron chi connectivity index (χ2n) is 6.89. The van der Waals surface area contributed by atoms with Crippen molar-refractivity contribution in [1.29, 1.82) is 0 Å². The van der Waals surface area contributed by atoms with E-state index < -0.39 is 49.3 Å². The van der Waals surface area contributed by atoms with Gasteiger partial charge in [-0.1, -0.05) is 0 Å². The lowest BCUT2D eigenvalue weighted by Gasteiger charge is -2.44. The number of aliphatic hydroxyl groups is 8. The Morgan fingerprint density at radius 1 is 0.966 bits per heavy atom. The molecule has 0 aliphatic carbocycles. The minimum Gasteiger partial charge on any atom is -0.396 e. The molecule has 0 radical (unpaired) electrons. The Balaban J connectivity index is 3.09. The summed E-state index contributed by atoms with van der Waals surface area (Å²) in [4.78, 5) is 8.16. The van der Waals surface area contributed by atoms with Crippen molar-refractivity contribution in [2.24, 2.45) is 0 Å². The number of hydrogen-bond donors (Lipinski definition) is 8. The first kappa shape index (κ1) is 25.8. The van der Waals surface area contributed by atoms with E-state index >= 15 is 0 Å². The second kappa shape index (κ2) is 11.8. The molecule has 0 fully saturated rings. The molecule has 0 aliphatic rings. The summed E-state index contributed by atoms with van der Waals surface area (Å²) in [6.07, 6.45) is -1.92. The molecule has 0 spiro atoms. The van der Waals surface area contributed by atoms with Gasteiger partial charge in [0.15, 0.2) is 0 Å². The van der Waals surface area contributed by atoms with Crippen molar-refractivity contribution in [1.82, 2.24) is 9.97 Å². The highest BCUT2D eigenvalue weighted by Gasteiger charge is 2.54. The van der Waals surface area contributed by atoms with Crippen molar-refractivity contribution in [2.45, 2.75) is 55.7 Å². The van der Waals surface area contributed by atoms with E-state index in [-0.39, 0.29) is 38.2 Å². The van der Waals surface area contributed by atoms with Crippen molar-refractivity contribution in [3.63, 3.8) is 0 Å². The molecule has 0 saturated carbocycles. The summed E-state index contributed by atoms with van der Waals surface area (Å²) >= 11 is 0. The molecule has 11 heteroatoms. The summed E-state index contributed by atoms with van der Waals surface area (Å²) in [6, 6.07) is 0. The van der Waals surface area contributed by atoms with Crippen LogP contribution in [0.25, 0.3) is 0 Å². The van der Waals surface area contributed by atoms with Gasteiger partial charge in [-0.25, -0.2) is 0 Å². The summed E-state index contributed by atoms with van der Waals surface area (Å²) in [5.41, 5.74) is -4.22. The smallest absolute Gasteiger partial charge is 0.141 e. The Kier molecular flexibility index (Phi) is 10.5. The third kappa shape index (κ3) is 6.10. The van der Waals surface area contributed by atoms with Gasteiger partial charge in [0, 0.05) is 38.7 Å². The molecule has 8 N–H and O–H groups in total. The maximum Gasteiger partial charge on any atom is 0.141 e. The predicted molar refractivity (Wildman–Crippen MR) is 99.6 cm³/mol. The monoisotopic (exact) mass is 420 g/mol. The highest BCUT2D eigenvalue weighted by Crippen LogP contribution is 2.39. The van der Waals surface area contributed by atoms with Crippen molar-refractivity contribution < 1.29 is 45.6 Å². The van der Waals surface area contributed by atoms with Crippen LogP contribution < -0.4 is 0 Å². The largest absolute Gasteiger partial charge is 0.396 e. The molecule has 11 nitrogen and oxygen atoms in total. The summed E-state index contributed by atoms with van der Waals surface area (Å²) in [7, 11) is 0. The van der Waals surface area contributed by atoms with Crippen LogP contribution in [-0.4, -0.2) is 108 Å². The fourth-order valence-electron chi connectivity index (χ4n) is 3.17. The van der Waals surface area contributed by atoms with E-state index in [4.69, 9.17) is 9.84 Å².